The van der Waals surface area contributed by atoms with Crippen LogP contribution in [0.5, 0.6) is 0 Å². The molecule has 0 atom stereocenters. The van der Waals surface area contributed by atoms with Crippen molar-refractivity contribution in [2.75, 3.05) is 6.61 Å². The molecule has 1 aromatic rings. The number of benzene rings is 1. The smallest absolute Gasteiger partial charge is 0.0490 e. The SMILES string of the molecule is CCC(CC)(CO)Cc1ccc(C)cc1Cl. The third kappa shape index (κ3) is 2.99. The van der Waals surface area contributed by atoms with Crippen molar-refractivity contribution in [2.24, 2.45) is 5.41 Å². The van der Waals surface area contributed by atoms with Crippen LogP contribution < -0.4 is 0 Å². The molecule has 1 rings (SSSR count). The number of rotatable bonds is 5. The van der Waals surface area contributed by atoms with Crippen LogP contribution in [-0.4, -0.2) is 11.7 Å². The molecule has 90 valence electrons. The zero-order valence-corrected chi connectivity index (χ0v) is 11.1. The summed E-state index contributed by atoms with van der Waals surface area (Å²) in [7, 11) is 0. The number of hydrogen-bond acceptors (Lipinski definition) is 1. The van der Waals surface area contributed by atoms with Crippen molar-refractivity contribution in [1.82, 2.24) is 0 Å². The summed E-state index contributed by atoms with van der Waals surface area (Å²) in [6.07, 6.45) is 2.81. The van der Waals surface area contributed by atoms with Gasteiger partial charge in [-0.2, -0.15) is 0 Å². The van der Waals surface area contributed by atoms with E-state index in [-0.39, 0.29) is 12.0 Å². The highest BCUT2D eigenvalue weighted by molar-refractivity contribution is 6.31. The number of aryl methyl sites for hydroxylation is 1. The predicted molar refractivity (Wildman–Crippen MR) is 70.0 cm³/mol. The van der Waals surface area contributed by atoms with E-state index in [2.05, 4.69) is 26.0 Å². The molecule has 0 aliphatic heterocycles. The summed E-state index contributed by atoms with van der Waals surface area (Å²) in [5.41, 5.74) is 2.31. The Morgan fingerprint density at radius 1 is 1.25 bits per heavy atom. The van der Waals surface area contributed by atoms with E-state index in [1.54, 1.807) is 0 Å². The Balaban J connectivity index is 2.93. The van der Waals surface area contributed by atoms with E-state index >= 15 is 0 Å². The van der Waals surface area contributed by atoms with E-state index in [9.17, 15) is 5.11 Å². The van der Waals surface area contributed by atoms with Crippen molar-refractivity contribution in [1.29, 1.82) is 0 Å². The molecule has 0 saturated carbocycles. The molecule has 16 heavy (non-hydrogen) atoms. The molecule has 0 aliphatic rings. The Morgan fingerprint density at radius 2 is 1.88 bits per heavy atom. The minimum Gasteiger partial charge on any atom is -0.396 e. The first-order valence-electron chi connectivity index (χ1n) is 5.93. The van der Waals surface area contributed by atoms with E-state index < -0.39 is 0 Å². The largest absolute Gasteiger partial charge is 0.396 e. The van der Waals surface area contributed by atoms with Crippen LogP contribution in [0.25, 0.3) is 0 Å². The van der Waals surface area contributed by atoms with Gasteiger partial charge in [0.05, 0.1) is 0 Å². The van der Waals surface area contributed by atoms with Gasteiger partial charge in [-0.3, -0.25) is 0 Å². The second-order valence-electron chi connectivity index (χ2n) is 4.64. The first-order chi connectivity index (χ1) is 7.56. The van der Waals surface area contributed by atoms with Crippen LogP contribution in [0, 0.1) is 12.3 Å². The highest BCUT2D eigenvalue weighted by atomic mass is 35.5. The van der Waals surface area contributed by atoms with E-state index in [1.807, 2.05) is 13.0 Å². The molecule has 1 N–H and O–H groups in total. The van der Waals surface area contributed by atoms with Gasteiger partial charge in [-0.05, 0) is 48.8 Å². The van der Waals surface area contributed by atoms with Crippen LogP contribution in [0.2, 0.25) is 5.02 Å². The van der Waals surface area contributed by atoms with Gasteiger partial charge in [0.1, 0.15) is 0 Å². The van der Waals surface area contributed by atoms with Gasteiger partial charge in [0.25, 0.3) is 0 Å². The average molecular weight is 241 g/mol. The molecule has 0 saturated heterocycles. The van der Waals surface area contributed by atoms with Gasteiger partial charge in [0.2, 0.25) is 0 Å². The highest BCUT2D eigenvalue weighted by Gasteiger charge is 2.26. The van der Waals surface area contributed by atoms with Gasteiger partial charge in [0, 0.05) is 11.6 Å². The molecule has 1 nitrogen and oxygen atoms in total. The minimum absolute atomic E-state index is 0.0150. The normalized spacial score (nSPS) is 11.8. The van der Waals surface area contributed by atoms with E-state index in [0.29, 0.717) is 0 Å². The summed E-state index contributed by atoms with van der Waals surface area (Å²) in [6, 6.07) is 6.15. The van der Waals surface area contributed by atoms with E-state index in [0.717, 1.165) is 29.8 Å². The van der Waals surface area contributed by atoms with Crippen LogP contribution in [-0.2, 0) is 6.42 Å². The lowest BCUT2D eigenvalue weighted by molar-refractivity contribution is 0.115. The number of aliphatic hydroxyl groups is 1. The molecule has 0 bridgehead atoms. The number of halogens is 1. The van der Waals surface area contributed by atoms with Crippen molar-refractivity contribution < 1.29 is 5.11 Å². The molecule has 0 fully saturated rings. The van der Waals surface area contributed by atoms with Gasteiger partial charge in [0.15, 0.2) is 0 Å². The summed E-state index contributed by atoms with van der Waals surface area (Å²) in [5.74, 6) is 0. The first kappa shape index (κ1) is 13.5. The molecule has 0 aliphatic carbocycles. The standard InChI is InChI=1S/C14H21ClO/c1-4-14(5-2,10-16)9-12-7-6-11(3)8-13(12)15/h6-8,16H,4-5,9-10H2,1-3H3. The van der Waals surface area contributed by atoms with Gasteiger partial charge in [-0.1, -0.05) is 37.6 Å². The fraction of sp³-hybridized carbons (Fsp3) is 0.571. The first-order valence-corrected chi connectivity index (χ1v) is 6.30. The minimum atomic E-state index is -0.0150. The Morgan fingerprint density at radius 3 is 2.31 bits per heavy atom. The lowest BCUT2D eigenvalue weighted by Crippen LogP contribution is -2.26. The van der Waals surface area contributed by atoms with Gasteiger partial charge < -0.3 is 5.11 Å². The summed E-state index contributed by atoms with van der Waals surface area (Å²) < 4.78 is 0. The van der Waals surface area contributed by atoms with Gasteiger partial charge >= 0.3 is 0 Å². The lowest BCUT2D eigenvalue weighted by atomic mass is 9.77. The molecule has 0 radical (unpaired) electrons. The molecule has 0 spiro atoms. The van der Waals surface area contributed by atoms with Gasteiger partial charge in [-0.15, -0.1) is 0 Å². The molecular formula is C14H21ClO. The van der Waals surface area contributed by atoms with Crippen LogP contribution in [0.3, 0.4) is 0 Å². The Labute approximate surface area is 103 Å². The van der Waals surface area contributed by atoms with Crippen LogP contribution >= 0.6 is 11.6 Å². The second-order valence-corrected chi connectivity index (χ2v) is 5.04. The fourth-order valence-electron chi connectivity index (χ4n) is 1.98. The van der Waals surface area contributed by atoms with Crippen LogP contribution in [0.15, 0.2) is 18.2 Å². The molecule has 0 heterocycles. The molecule has 2 heteroatoms. The van der Waals surface area contributed by atoms with Crippen molar-refractivity contribution >= 4 is 11.6 Å². The number of hydrogen-bond donors (Lipinski definition) is 1. The summed E-state index contributed by atoms with van der Waals surface area (Å²) >= 11 is 6.22. The summed E-state index contributed by atoms with van der Waals surface area (Å²) in [6.45, 7) is 6.52. The van der Waals surface area contributed by atoms with Crippen molar-refractivity contribution in [3.8, 4) is 0 Å². The molecule has 0 amide bonds. The van der Waals surface area contributed by atoms with Crippen molar-refractivity contribution in [3.05, 3.63) is 34.3 Å². The fourth-order valence-corrected chi connectivity index (χ4v) is 2.28. The van der Waals surface area contributed by atoms with Gasteiger partial charge in [-0.25, -0.2) is 0 Å². The van der Waals surface area contributed by atoms with E-state index in [1.165, 1.54) is 5.56 Å². The topological polar surface area (TPSA) is 20.2 Å². The molecule has 0 aromatic heterocycles. The zero-order chi connectivity index (χ0) is 12.2. The maximum atomic E-state index is 9.54. The summed E-state index contributed by atoms with van der Waals surface area (Å²) in [4.78, 5) is 0. The van der Waals surface area contributed by atoms with E-state index in [4.69, 9.17) is 11.6 Å². The Hall–Kier alpha value is -0.530. The maximum absolute atomic E-state index is 9.54. The lowest BCUT2D eigenvalue weighted by Gasteiger charge is -2.29. The predicted octanol–water partition coefficient (Wildman–Crippen LogP) is 3.99. The average Bonchev–Trinajstić information content (AvgIpc) is 2.29. The maximum Gasteiger partial charge on any atom is 0.0490 e. The Kier molecular flexibility index (Phi) is 4.82. The van der Waals surface area contributed by atoms with Crippen LogP contribution in [0.1, 0.15) is 37.8 Å². The third-order valence-corrected chi connectivity index (χ3v) is 3.96. The second kappa shape index (κ2) is 5.70. The third-order valence-electron chi connectivity index (χ3n) is 3.61. The highest BCUT2D eigenvalue weighted by Crippen LogP contribution is 2.33. The quantitative estimate of drug-likeness (QED) is 0.825. The summed E-state index contributed by atoms with van der Waals surface area (Å²) in [5, 5.41) is 10.4. The Bertz CT molecular complexity index is 334. The van der Waals surface area contributed by atoms with Crippen molar-refractivity contribution in [3.63, 3.8) is 0 Å². The number of aliphatic hydroxyl groups excluding tert-OH is 1. The monoisotopic (exact) mass is 240 g/mol. The molecule has 0 unspecified atom stereocenters. The van der Waals surface area contributed by atoms with Crippen LogP contribution in [0.4, 0.5) is 0 Å². The van der Waals surface area contributed by atoms with Crippen molar-refractivity contribution in [2.45, 2.75) is 40.0 Å². The molecular weight excluding hydrogens is 220 g/mol. The zero-order valence-electron chi connectivity index (χ0n) is 10.4. The molecule has 1 aromatic carbocycles.